The molecule has 1 aromatic rings. The van der Waals surface area contributed by atoms with E-state index in [2.05, 4.69) is 39.6 Å². The van der Waals surface area contributed by atoms with Crippen LogP contribution in [0.15, 0.2) is 29.3 Å². The lowest BCUT2D eigenvalue weighted by atomic mass is 10.1. The average molecular weight is 446 g/mol. The smallest absolute Gasteiger partial charge is 0.191 e. The van der Waals surface area contributed by atoms with Gasteiger partial charge >= 0.3 is 0 Å². The van der Waals surface area contributed by atoms with Crippen molar-refractivity contribution in [3.8, 4) is 5.75 Å². The fourth-order valence-electron chi connectivity index (χ4n) is 2.89. The third-order valence-corrected chi connectivity index (χ3v) is 4.23. The maximum Gasteiger partial charge on any atom is 0.191 e. The highest BCUT2D eigenvalue weighted by Gasteiger charge is 2.14. The molecule has 1 aliphatic heterocycles. The molecule has 136 valence electrons. The van der Waals surface area contributed by atoms with Gasteiger partial charge in [-0.1, -0.05) is 19.1 Å². The van der Waals surface area contributed by atoms with Gasteiger partial charge in [0.15, 0.2) is 5.96 Å². The van der Waals surface area contributed by atoms with Gasteiger partial charge in [-0.3, -0.25) is 4.99 Å². The lowest BCUT2D eigenvalue weighted by molar-refractivity contribution is 0.287. The second-order valence-electron chi connectivity index (χ2n) is 6.27. The molecule has 6 heteroatoms. The van der Waals surface area contributed by atoms with Crippen LogP contribution in [0.1, 0.15) is 25.3 Å². The van der Waals surface area contributed by atoms with E-state index in [4.69, 9.17) is 4.74 Å². The normalized spacial score (nSPS) is 16.4. The summed E-state index contributed by atoms with van der Waals surface area (Å²) >= 11 is 0. The zero-order chi connectivity index (χ0) is 16.5. The molecule has 0 radical (unpaired) electrons. The van der Waals surface area contributed by atoms with Gasteiger partial charge in [0.2, 0.25) is 0 Å². The topological polar surface area (TPSA) is 48.9 Å². The van der Waals surface area contributed by atoms with Crippen LogP contribution in [-0.4, -0.2) is 51.2 Å². The van der Waals surface area contributed by atoms with Gasteiger partial charge in [0.05, 0.1) is 7.11 Å². The molecule has 0 saturated carbocycles. The van der Waals surface area contributed by atoms with E-state index in [1.54, 1.807) is 7.11 Å². The van der Waals surface area contributed by atoms with Crippen LogP contribution in [0.25, 0.3) is 0 Å². The Kier molecular flexibility index (Phi) is 10.1. The first-order chi connectivity index (χ1) is 11.2. The molecule has 24 heavy (non-hydrogen) atoms. The molecule has 0 aromatic heterocycles. The van der Waals surface area contributed by atoms with E-state index in [1.165, 1.54) is 38.0 Å². The third-order valence-electron chi connectivity index (χ3n) is 4.23. The minimum atomic E-state index is 0. The zero-order valence-corrected chi connectivity index (χ0v) is 17.4. The average Bonchev–Trinajstić information content (AvgIpc) is 3.08. The number of guanidine groups is 1. The van der Waals surface area contributed by atoms with Gasteiger partial charge in [0.1, 0.15) is 5.75 Å². The molecule has 0 spiro atoms. The van der Waals surface area contributed by atoms with Crippen molar-refractivity contribution < 1.29 is 4.74 Å². The minimum Gasteiger partial charge on any atom is -0.497 e. The maximum atomic E-state index is 5.17. The Bertz CT molecular complexity index is 486. The van der Waals surface area contributed by atoms with Crippen LogP contribution in [0.5, 0.6) is 5.75 Å². The number of likely N-dealkylation sites (tertiary alicyclic amines) is 1. The van der Waals surface area contributed by atoms with Crippen LogP contribution in [0.4, 0.5) is 0 Å². The fraction of sp³-hybridized carbons (Fsp3) is 0.611. The molecule has 1 aromatic carbocycles. The molecule has 1 unspecified atom stereocenters. The van der Waals surface area contributed by atoms with Crippen molar-refractivity contribution in [1.29, 1.82) is 0 Å². The summed E-state index contributed by atoms with van der Waals surface area (Å²) < 4.78 is 5.17. The van der Waals surface area contributed by atoms with E-state index in [9.17, 15) is 0 Å². The molecule has 1 fully saturated rings. The van der Waals surface area contributed by atoms with Crippen molar-refractivity contribution in [3.05, 3.63) is 29.8 Å². The van der Waals surface area contributed by atoms with Crippen LogP contribution in [0.2, 0.25) is 0 Å². The summed E-state index contributed by atoms with van der Waals surface area (Å²) in [5, 5.41) is 6.78. The van der Waals surface area contributed by atoms with Gasteiger partial charge in [-0.15, -0.1) is 24.0 Å². The van der Waals surface area contributed by atoms with Crippen molar-refractivity contribution in [2.24, 2.45) is 10.9 Å². The quantitative estimate of drug-likeness (QED) is 0.384. The van der Waals surface area contributed by atoms with Crippen molar-refractivity contribution in [2.75, 3.05) is 40.3 Å². The first kappa shape index (κ1) is 21.0. The predicted molar refractivity (Wildman–Crippen MR) is 111 cm³/mol. The highest BCUT2D eigenvalue weighted by molar-refractivity contribution is 14.0. The van der Waals surface area contributed by atoms with E-state index in [0.29, 0.717) is 5.92 Å². The molecule has 0 aliphatic carbocycles. The molecular formula is C18H31IN4O. The summed E-state index contributed by atoms with van der Waals surface area (Å²) in [5.74, 6) is 2.36. The number of benzene rings is 1. The largest absolute Gasteiger partial charge is 0.497 e. The lowest BCUT2D eigenvalue weighted by Gasteiger charge is -2.21. The van der Waals surface area contributed by atoms with E-state index < -0.39 is 0 Å². The molecule has 0 bridgehead atoms. The van der Waals surface area contributed by atoms with Crippen LogP contribution < -0.4 is 15.4 Å². The van der Waals surface area contributed by atoms with E-state index in [1.807, 2.05) is 19.2 Å². The Labute approximate surface area is 163 Å². The van der Waals surface area contributed by atoms with Gasteiger partial charge in [0, 0.05) is 26.7 Å². The molecule has 2 N–H and O–H groups in total. The van der Waals surface area contributed by atoms with E-state index in [0.717, 1.165) is 24.8 Å². The standard InChI is InChI=1S/C18H30N4O.HI/c1-15(14-22-10-4-5-11-22)12-20-18(19-2)21-13-16-6-8-17(23-3)9-7-16;/h6-9,15H,4-5,10-14H2,1-3H3,(H2,19,20,21);1H. The van der Waals surface area contributed by atoms with E-state index >= 15 is 0 Å². The first-order valence-corrected chi connectivity index (χ1v) is 8.51. The molecule has 0 amide bonds. The number of ether oxygens (including phenoxy) is 1. The van der Waals surface area contributed by atoms with Crippen LogP contribution in [0, 0.1) is 5.92 Å². The molecule has 5 nitrogen and oxygen atoms in total. The van der Waals surface area contributed by atoms with Gasteiger partial charge in [0.25, 0.3) is 0 Å². The molecule has 1 aliphatic rings. The third kappa shape index (κ3) is 7.25. The number of halogens is 1. The second kappa shape index (κ2) is 11.5. The number of aliphatic imine (C=N–C) groups is 1. The van der Waals surface area contributed by atoms with Crippen molar-refractivity contribution in [2.45, 2.75) is 26.3 Å². The van der Waals surface area contributed by atoms with Gasteiger partial charge < -0.3 is 20.3 Å². The number of rotatable bonds is 7. The molecule has 1 atom stereocenters. The highest BCUT2D eigenvalue weighted by Crippen LogP contribution is 2.11. The summed E-state index contributed by atoms with van der Waals surface area (Å²) in [4.78, 5) is 6.85. The number of hydrogen-bond donors (Lipinski definition) is 2. The van der Waals surface area contributed by atoms with Gasteiger partial charge in [-0.25, -0.2) is 0 Å². The van der Waals surface area contributed by atoms with Crippen LogP contribution in [-0.2, 0) is 6.54 Å². The number of nitrogens with one attached hydrogen (secondary N) is 2. The minimum absolute atomic E-state index is 0. The molecular weight excluding hydrogens is 415 g/mol. The monoisotopic (exact) mass is 446 g/mol. The van der Waals surface area contributed by atoms with Crippen LogP contribution >= 0.6 is 24.0 Å². The summed E-state index contributed by atoms with van der Waals surface area (Å²) in [6, 6.07) is 8.08. The van der Waals surface area contributed by atoms with Crippen molar-refractivity contribution in [1.82, 2.24) is 15.5 Å². The Morgan fingerprint density at radius 1 is 1.21 bits per heavy atom. The molecule has 1 saturated heterocycles. The Hall–Kier alpha value is -1.02. The lowest BCUT2D eigenvalue weighted by Crippen LogP contribution is -2.41. The SMILES string of the molecule is CN=C(NCc1ccc(OC)cc1)NCC(C)CN1CCCC1.I. The van der Waals surface area contributed by atoms with Crippen molar-refractivity contribution >= 4 is 29.9 Å². The number of hydrogen-bond acceptors (Lipinski definition) is 3. The van der Waals surface area contributed by atoms with Gasteiger partial charge in [-0.05, 0) is 49.5 Å². The van der Waals surface area contributed by atoms with Crippen LogP contribution in [0.3, 0.4) is 0 Å². The Morgan fingerprint density at radius 2 is 1.88 bits per heavy atom. The summed E-state index contributed by atoms with van der Waals surface area (Å²) in [6.45, 7) is 7.68. The number of nitrogens with zero attached hydrogens (tertiary/aromatic N) is 2. The van der Waals surface area contributed by atoms with E-state index in [-0.39, 0.29) is 24.0 Å². The number of methoxy groups -OCH3 is 1. The second-order valence-corrected chi connectivity index (χ2v) is 6.27. The predicted octanol–water partition coefficient (Wildman–Crippen LogP) is 2.71. The summed E-state index contributed by atoms with van der Waals surface area (Å²) in [6.07, 6.45) is 2.70. The first-order valence-electron chi connectivity index (χ1n) is 8.51. The van der Waals surface area contributed by atoms with Crippen molar-refractivity contribution in [3.63, 3.8) is 0 Å². The highest BCUT2D eigenvalue weighted by atomic mass is 127. The molecule has 2 rings (SSSR count). The Morgan fingerprint density at radius 3 is 2.46 bits per heavy atom. The zero-order valence-electron chi connectivity index (χ0n) is 15.0. The fourth-order valence-corrected chi connectivity index (χ4v) is 2.89. The summed E-state index contributed by atoms with van der Waals surface area (Å²) in [7, 11) is 3.50. The Balaban J connectivity index is 0.00000288. The molecule has 1 heterocycles. The maximum absolute atomic E-state index is 5.17. The van der Waals surface area contributed by atoms with Gasteiger partial charge in [-0.2, -0.15) is 0 Å². The summed E-state index contributed by atoms with van der Waals surface area (Å²) in [5.41, 5.74) is 1.21.